The van der Waals surface area contributed by atoms with Crippen molar-refractivity contribution in [2.24, 2.45) is 0 Å². The Morgan fingerprint density at radius 2 is 2.07 bits per heavy atom. The first-order valence-electron chi connectivity index (χ1n) is 5.74. The standard InChI is InChI=1S/C13H18ClN/c1-15-13-8-3-2-7-12(13)10-5-4-6-11(14)9-10/h4-6,9,12-13,15H,2-3,7-8H2,1H3. The lowest BCUT2D eigenvalue weighted by molar-refractivity contribution is 0.344. The van der Waals surface area contributed by atoms with Gasteiger partial charge in [0, 0.05) is 11.1 Å². The van der Waals surface area contributed by atoms with Gasteiger partial charge in [-0.1, -0.05) is 36.6 Å². The van der Waals surface area contributed by atoms with Crippen molar-refractivity contribution in [3.63, 3.8) is 0 Å². The Morgan fingerprint density at radius 1 is 1.27 bits per heavy atom. The zero-order valence-corrected chi connectivity index (χ0v) is 9.93. The molecular formula is C13H18ClN. The van der Waals surface area contributed by atoms with E-state index in [1.165, 1.54) is 31.2 Å². The van der Waals surface area contributed by atoms with E-state index in [2.05, 4.69) is 30.6 Å². The first-order valence-corrected chi connectivity index (χ1v) is 6.12. The summed E-state index contributed by atoms with van der Waals surface area (Å²) in [5, 5.41) is 4.28. The molecule has 0 radical (unpaired) electrons. The van der Waals surface area contributed by atoms with Crippen LogP contribution in [0.3, 0.4) is 0 Å². The Bertz CT molecular complexity index is 324. The van der Waals surface area contributed by atoms with Gasteiger partial charge in [0.2, 0.25) is 0 Å². The molecule has 15 heavy (non-hydrogen) atoms. The van der Waals surface area contributed by atoms with Gasteiger partial charge in [-0.05, 0) is 43.5 Å². The van der Waals surface area contributed by atoms with Crippen molar-refractivity contribution in [2.45, 2.75) is 37.6 Å². The summed E-state index contributed by atoms with van der Waals surface area (Å²) in [6.45, 7) is 0. The molecule has 1 saturated carbocycles. The maximum atomic E-state index is 6.03. The van der Waals surface area contributed by atoms with E-state index in [9.17, 15) is 0 Å². The van der Waals surface area contributed by atoms with Gasteiger partial charge in [-0.3, -0.25) is 0 Å². The predicted molar refractivity (Wildman–Crippen MR) is 65.5 cm³/mol. The van der Waals surface area contributed by atoms with Crippen molar-refractivity contribution in [1.29, 1.82) is 0 Å². The Balaban J connectivity index is 2.20. The van der Waals surface area contributed by atoms with Crippen LogP contribution in [0, 0.1) is 0 Å². The molecule has 1 aromatic carbocycles. The van der Waals surface area contributed by atoms with Crippen LogP contribution >= 0.6 is 11.6 Å². The van der Waals surface area contributed by atoms with Crippen LogP contribution in [0.2, 0.25) is 5.02 Å². The molecular weight excluding hydrogens is 206 g/mol. The smallest absolute Gasteiger partial charge is 0.0408 e. The number of nitrogens with one attached hydrogen (secondary N) is 1. The monoisotopic (exact) mass is 223 g/mol. The molecule has 0 saturated heterocycles. The molecule has 0 spiro atoms. The van der Waals surface area contributed by atoms with E-state index in [1.54, 1.807) is 0 Å². The molecule has 1 nitrogen and oxygen atoms in total. The van der Waals surface area contributed by atoms with E-state index >= 15 is 0 Å². The lowest BCUT2D eigenvalue weighted by Crippen LogP contribution is -2.34. The summed E-state index contributed by atoms with van der Waals surface area (Å²) in [4.78, 5) is 0. The first kappa shape index (κ1) is 11.0. The van der Waals surface area contributed by atoms with Crippen LogP contribution in [0.1, 0.15) is 37.2 Å². The topological polar surface area (TPSA) is 12.0 Å². The molecule has 0 aliphatic heterocycles. The van der Waals surface area contributed by atoms with Gasteiger partial charge < -0.3 is 5.32 Å². The van der Waals surface area contributed by atoms with Gasteiger partial charge in [0.05, 0.1) is 0 Å². The molecule has 1 aromatic rings. The Kier molecular flexibility index (Phi) is 3.66. The largest absolute Gasteiger partial charge is 0.316 e. The number of hydrogen-bond donors (Lipinski definition) is 1. The molecule has 2 rings (SSSR count). The third kappa shape index (κ3) is 2.53. The average Bonchev–Trinajstić information content (AvgIpc) is 2.29. The van der Waals surface area contributed by atoms with Gasteiger partial charge in [0.1, 0.15) is 0 Å². The second-order valence-electron chi connectivity index (χ2n) is 4.34. The molecule has 0 aromatic heterocycles. The van der Waals surface area contributed by atoms with Gasteiger partial charge >= 0.3 is 0 Å². The minimum Gasteiger partial charge on any atom is -0.316 e. The van der Waals surface area contributed by atoms with Gasteiger partial charge in [-0.2, -0.15) is 0 Å². The van der Waals surface area contributed by atoms with E-state index in [0.717, 1.165) is 5.02 Å². The summed E-state index contributed by atoms with van der Waals surface area (Å²) in [6.07, 6.45) is 5.26. The Labute approximate surface area is 96.8 Å². The van der Waals surface area contributed by atoms with Crippen molar-refractivity contribution >= 4 is 11.6 Å². The zero-order chi connectivity index (χ0) is 10.7. The molecule has 1 fully saturated rings. The summed E-state index contributed by atoms with van der Waals surface area (Å²) >= 11 is 6.03. The highest BCUT2D eigenvalue weighted by atomic mass is 35.5. The van der Waals surface area contributed by atoms with Crippen LogP contribution in [-0.4, -0.2) is 13.1 Å². The van der Waals surface area contributed by atoms with Gasteiger partial charge in [0.25, 0.3) is 0 Å². The predicted octanol–water partition coefficient (Wildman–Crippen LogP) is 3.59. The van der Waals surface area contributed by atoms with Crippen LogP contribution in [0.15, 0.2) is 24.3 Å². The third-order valence-corrected chi connectivity index (χ3v) is 3.65. The fourth-order valence-electron chi connectivity index (χ4n) is 2.61. The van der Waals surface area contributed by atoms with Crippen LogP contribution in [-0.2, 0) is 0 Å². The van der Waals surface area contributed by atoms with Gasteiger partial charge in [-0.25, -0.2) is 0 Å². The van der Waals surface area contributed by atoms with Crippen molar-refractivity contribution in [3.05, 3.63) is 34.9 Å². The molecule has 1 aliphatic carbocycles. The second kappa shape index (κ2) is 5.00. The quantitative estimate of drug-likeness (QED) is 0.808. The van der Waals surface area contributed by atoms with E-state index < -0.39 is 0 Å². The lowest BCUT2D eigenvalue weighted by Gasteiger charge is -2.31. The number of halogens is 1. The Morgan fingerprint density at radius 3 is 2.80 bits per heavy atom. The number of rotatable bonds is 2. The summed E-state index contributed by atoms with van der Waals surface area (Å²) in [6, 6.07) is 8.94. The highest BCUT2D eigenvalue weighted by Crippen LogP contribution is 2.33. The molecule has 0 heterocycles. The normalized spacial score (nSPS) is 26.5. The van der Waals surface area contributed by atoms with Crippen molar-refractivity contribution < 1.29 is 0 Å². The summed E-state index contributed by atoms with van der Waals surface area (Å²) in [5.41, 5.74) is 1.39. The van der Waals surface area contributed by atoms with Crippen LogP contribution in [0.25, 0.3) is 0 Å². The van der Waals surface area contributed by atoms with Crippen molar-refractivity contribution in [2.75, 3.05) is 7.05 Å². The minimum atomic E-state index is 0.622. The Hall–Kier alpha value is -0.530. The average molecular weight is 224 g/mol. The lowest BCUT2D eigenvalue weighted by atomic mass is 9.80. The fraction of sp³-hybridized carbons (Fsp3) is 0.538. The highest BCUT2D eigenvalue weighted by molar-refractivity contribution is 6.30. The van der Waals surface area contributed by atoms with Crippen molar-refractivity contribution in [3.8, 4) is 0 Å². The summed E-state index contributed by atoms with van der Waals surface area (Å²) in [5.74, 6) is 0.641. The van der Waals surface area contributed by atoms with Gasteiger partial charge in [0.15, 0.2) is 0 Å². The maximum Gasteiger partial charge on any atom is 0.0408 e. The third-order valence-electron chi connectivity index (χ3n) is 3.41. The molecule has 0 bridgehead atoms. The van der Waals surface area contributed by atoms with E-state index in [1.807, 2.05) is 6.07 Å². The van der Waals surface area contributed by atoms with Crippen LogP contribution in [0.5, 0.6) is 0 Å². The van der Waals surface area contributed by atoms with E-state index in [-0.39, 0.29) is 0 Å². The molecule has 2 unspecified atom stereocenters. The number of hydrogen-bond acceptors (Lipinski definition) is 1. The maximum absolute atomic E-state index is 6.03. The molecule has 2 atom stereocenters. The fourth-order valence-corrected chi connectivity index (χ4v) is 2.81. The number of benzene rings is 1. The van der Waals surface area contributed by atoms with Gasteiger partial charge in [-0.15, -0.1) is 0 Å². The van der Waals surface area contributed by atoms with Crippen LogP contribution < -0.4 is 5.32 Å². The zero-order valence-electron chi connectivity index (χ0n) is 9.17. The van der Waals surface area contributed by atoms with E-state index in [4.69, 9.17) is 11.6 Å². The molecule has 2 heteroatoms. The SMILES string of the molecule is CNC1CCCCC1c1cccc(Cl)c1. The molecule has 82 valence electrons. The minimum absolute atomic E-state index is 0.622. The first-order chi connectivity index (χ1) is 7.31. The van der Waals surface area contributed by atoms with Crippen molar-refractivity contribution in [1.82, 2.24) is 5.32 Å². The van der Waals surface area contributed by atoms with Crippen LogP contribution in [0.4, 0.5) is 0 Å². The molecule has 1 N–H and O–H groups in total. The summed E-state index contributed by atoms with van der Waals surface area (Å²) in [7, 11) is 2.06. The highest BCUT2D eigenvalue weighted by Gasteiger charge is 2.24. The number of likely N-dealkylation sites (N-methyl/N-ethyl adjacent to an activating group) is 1. The molecule has 1 aliphatic rings. The molecule has 0 amide bonds. The second-order valence-corrected chi connectivity index (χ2v) is 4.78. The summed E-state index contributed by atoms with van der Waals surface area (Å²) < 4.78 is 0. The van der Waals surface area contributed by atoms with E-state index in [0.29, 0.717) is 12.0 Å².